The van der Waals surface area contributed by atoms with Gasteiger partial charge in [-0.2, -0.15) is 0 Å². The molecule has 7 nitrogen and oxygen atoms in total. The van der Waals surface area contributed by atoms with E-state index in [-0.39, 0.29) is 22.9 Å². The van der Waals surface area contributed by atoms with Crippen LogP contribution in [0.2, 0.25) is 5.02 Å². The molecule has 136 valence electrons. The largest absolute Gasteiger partial charge is 0.507 e. The van der Waals surface area contributed by atoms with Gasteiger partial charge in [0, 0.05) is 10.7 Å². The van der Waals surface area contributed by atoms with Gasteiger partial charge in [0.15, 0.2) is 6.61 Å². The predicted molar refractivity (Wildman–Crippen MR) is 91.4 cm³/mol. The van der Waals surface area contributed by atoms with E-state index in [1.54, 1.807) is 0 Å². The van der Waals surface area contributed by atoms with Gasteiger partial charge in [-0.15, -0.1) is 0 Å². The van der Waals surface area contributed by atoms with Crippen LogP contribution in [0.25, 0.3) is 0 Å². The summed E-state index contributed by atoms with van der Waals surface area (Å²) in [7, 11) is 0. The van der Waals surface area contributed by atoms with E-state index in [9.17, 15) is 23.9 Å². The number of amides is 2. The minimum absolute atomic E-state index is 0.142. The Bertz CT molecular complexity index is 826. The third-order valence-electron chi connectivity index (χ3n) is 3.09. The summed E-state index contributed by atoms with van der Waals surface area (Å²) in [5.74, 6) is -2.97. The molecule has 0 spiro atoms. The molecule has 0 aromatic heterocycles. The first-order valence-electron chi connectivity index (χ1n) is 7.33. The molecule has 0 saturated heterocycles. The van der Waals surface area contributed by atoms with E-state index < -0.39 is 30.2 Å². The van der Waals surface area contributed by atoms with Gasteiger partial charge >= 0.3 is 5.97 Å². The molecular formula is C17H14ClFN2O5. The third kappa shape index (κ3) is 5.75. The second-order valence-electron chi connectivity index (χ2n) is 5.07. The fourth-order valence-electron chi connectivity index (χ4n) is 1.85. The number of carbonyl (C=O) groups is 3. The molecule has 9 heteroatoms. The van der Waals surface area contributed by atoms with Crippen LogP contribution in [0, 0.1) is 5.82 Å². The predicted octanol–water partition coefficient (Wildman–Crippen LogP) is 2.10. The second-order valence-corrected chi connectivity index (χ2v) is 5.51. The summed E-state index contributed by atoms with van der Waals surface area (Å²) in [4.78, 5) is 35.1. The molecule has 0 saturated carbocycles. The number of phenols is 1. The molecule has 0 aliphatic carbocycles. The van der Waals surface area contributed by atoms with E-state index >= 15 is 0 Å². The molecule has 3 N–H and O–H groups in total. The van der Waals surface area contributed by atoms with Crippen LogP contribution < -0.4 is 10.6 Å². The fraction of sp³-hybridized carbons (Fsp3) is 0.118. The molecule has 2 aromatic carbocycles. The molecule has 0 radical (unpaired) electrons. The summed E-state index contributed by atoms with van der Waals surface area (Å²) in [6.45, 7) is -0.995. The Labute approximate surface area is 152 Å². The summed E-state index contributed by atoms with van der Waals surface area (Å²) >= 11 is 5.65. The topological polar surface area (TPSA) is 105 Å². The molecule has 2 aromatic rings. The van der Waals surface area contributed by atoms with E-state index in [1.807, 2.05) is 0 Å². The van der Waals surface area contributed by atoms with Gasteiger partial charge in [-0.05, 0) is 42.5 Å². The number of benzene rings is 2. The molecular weight excluding hydrogens is 367 g/mol. The summed E-state index contributed by atoms with van der Waals surface area (Å²) in [5.41, 5.74) is 0.228. The molecule has 2 amide bonds. The lowest BCUT2D eigenvalue weighted by atomic mass is 10.2. The van der Waals surface area contributed by atoms with Crippen molar-refractivity contribution in [3.63, 3.8) is 0 Å². The number of nitrogens with one attached hydrogen (secondary N) is 2. The van der Waals surface area contributed by atoms with Crippen LogP contribution in [-0.2, 0) is 14.3 Å². The molecule has 0 heterocycles. The monoisotopic (exact) mass is 380 g/mol. The van der Waals surface area contributed by atoms with Crippen molar-refractivity contribution in [2.75, 3.05) is 18.5 Å². The van der Waals surface area contributed by atoms with E-state index in [0.29, 0.717) is 5.69 Å². The van der Waals surface area contributed by atoms with Crippen molar-refractivity contribution < 1.29 is 28.6 Å². The van der Waals surface area contributed by atoms with Crippen LogP contribution in [0.15, 0.2) is 42.5 Å². The first-order valence-corrected chi connectivity index (χ1v) is 7.70. The van der Waals surface area contributed by atoms with Gasteiger partial charge in [0.05, 0.1) is 6.54 Å². The number of aromatic hydroxyl groups is 1. The molecule has 2 rings (SSSR count). The normalized spacial score (nSPS) is 10.1. The zero-order valence-electron chi connectivity index (χ0n) is 13.3. The van der Waals surface area contributed by atoms with Crippen molar-refractivity contribution in [1.82, 2.24) is 5.32 Å². The average molecular weight is 381 g/mol. The van der Waals surface area contributed by atoms with Crippen LogP contribution in [0.5, 0.6) is 5.75 Å². The third-order valence-corrected chi connectivity index (χ3v) is 3.32. The van der Waals surface area contributed by atoms with Gasteiger partial charge in [0.25, 0.3) is 5.91 Å². The maximum Gasteiger partial charge on any atom is 0.342 e. The lowest BCUT2D eigenvalue weighted by Crippen LogP contribution is -2.35. The van der Waals surface area contributed by atoms with Crippen LogP contribution in [-0.4, -0.2) is 36.0 Å². The Morgan fingerprint density at radius 1 is 1.08 bits per heavy atom. The van der Waals surface area contributed by atoms with Gasteiger partial charge in [-0.3, -0.25) is 9.59 Å². The summed E-state index contributed by atoms with van der Waals surface area (Å²) in [6, 6.07) is 8.91. The first-order chi connectivity index (χ1) is 12.3. The lowest BCUT2D eigenvalue weighted by molar-refractivity contribution is -0.126. The zero-order valence-corrected chi connectivity index (χ0v) is 14.0. The molecule has 0 atom stereocenters. The number of anilines is 1. The fourth-order valence-corrected chi connectivity index (χ4v) is 2.02. The van der Waals surface area contributed by atoms with E-state index in [2.05, 4.69) is 10.6 Å². The number of ether oxygens (including phenoxy) is 1. The van der Waals surface area contributed by atoms with Crippen LogP contribution >= 0.6 is 11.6 Å². The molecule has 0 aliphatic rings. The van der Waals surface area contributed by atoms with Crippen molar-refractivity contribution in [3.05, 3.63) is 58.9 Å². The van der Waals surface area contributed by atoms with Gasteiger partial charge in [0.2, 0.25) is 5.91 Å². The Morgan fingerprint density at radius 3 is 2.42 bits per heavy atom. The number of phenolic OH excluding ortho intramolecular Hbond substituents is 1. The molecule has 0 bridgehead atoms. The summed E-state index contributed by atoms with van der Waals surface area (Å²) in [6.07, 6.45) is 0. The standard InChI is InChI=1S/C17H14ClFN2O5/c18-10-1-6-13(14(22)7-10)17(25)26-9-16(24)20-8-15(23)21-12-4-2-11(19)3-5-12/h1-7,22H,8-9H2,(H,20,24)(H,21,23). The highest BCUT2D eigenvalue weighted by atomic mass is 35.5. The maximum absolute atomic E-state index is 12.8. The second kappa shape index (κ2) is 8.82. The molecule has 0 aliphatic heterocycles. The maximum atomic E-state index is 12.8. The quantitative estimate of drug-likeness (QED) is 0.666. The van der Waals surface area contributed by atoms with Gasteiger partial charge in [0.1, 0.15) is 17.1 Å². The van der Waals surface area contributed by atoms with Gasteiger partial charge in [-0.1, -0.05) is 11.6 Å². The highest BCUT2D eigenvalue weighted by molar-refractivity contribution is 6.30. The number of halogens is 2. The SMILES string of the molecule is O=C(COC(=O)c1ccc(Cl)cc1O)NCC(=O)Nc1ccc(F)cc1. The number of esters is 1. The van der Waals surface area contributed by atoms with Crippen LogP contribution in [0.4, 0.5) is 10.1 Å². The van der Waals surface area contributed by atoms with Crippen molar-refractivity contribution >= 4 is 35.1 Å². The number of hydrogen-bond donors (Lipinski definition) is 3. The Balaban J connectivity index is 1.75. The van der Waals surface area contributed by atoms with Crippen LogP contribution in [0.1, 0.15) is 10.4 Å². The van der Waals surface area contributed by atoms with Crippen molar-refractivity contribution in [2.24, 2.45) is 0 Å². The Kier molecular flexibility index (Phi) is 6.51. The summed E-state index contributed by atoms with van der Waals surface area (Å²) < 4.78 is 17.5. The number of hydrogen-bond acceptors (Lipinski definition) is 5. The van der Waals surface area contributed by atoms with E-state index in [0.717, 1.165) is 6.07 Å². The minimum atomic E-state index is -0.912. The summed E-state index contributed by atoms with van der Waals surface area (Å²) in [5, 5.41) is 14.6. The molecule has 0 unspecified atom stereocenters. The Hall–Kier alpha value is -3.13. The Morgan fingerprint density at radius 2 is 1.77 bits per heavy atom. The molecule has 0 fully saturated rings. The van der Waals surface area contributed by atoms with E-state index in [4.69, 9.17) is 16.3 Å². The minimum Gasteiger partial charge on any atom is -0.507 e. The smallest absolute Gasteiger partial charge is 0.342 e. The van der Waals surface area contributed by atoms with Gasteiger partial charge < -0.3 is 20.5 Å². The highest BCUT2D eigenvalue weighted by Crippen LogP contribution is 2.22. The zero-order chi connectivity index (χ0) is 19.1. The van der Waals surface area contributed by atoms with Crippen LogP contribution in [0.3, 0.4) is 0 Å². The first kappa shape index (κ1) is 19.2. The van der Waals surface area contributed by atoms with Crippen molar-refractivity contribution in [2.45, 2.75) is 0 Å². The highest BCUT2D eigenvalue weighted by Gasteiger charge is 2.15. The molecule has 26 heavy (non-hydrogen) atoms. The number of rotatable bonds is 6. The number of carbonyl (C=O) groups excluding carboxylic acids is 3. The van der Waals surface area contributed by atoms with E-state index in [1.165, 1.54) is 36.4 Å². The van der Waals surface area contributed by atoms with Gasteiger partial charge in [-0.25, -0.2) is 9.18 Å². The van der Waals surface area contributed by atoms with Crippen molar-refractivity contribution in [3.8, 4) is 5.75 Å². The average Bonchev–Trinajstić information content (AvgIpc) is 2.60. The van der Waals surface area contributed by atoms with Crippen molar-refractivity contribution in [1.29, 1.82) is 0 Å². The lowest BCUT2D eigenvalue weighted by Gasteiger charge is -2.08.